The Balaban J connectivity index is 1.57. The van der Waals surface area contributed by atoms with Gasteiger partial charge in [-0.3, -0.25) is 9.59 Å². The van der Waals surface area contributed by atoms with Crippen LogP contribution in [0, 0.1) is 5.92 Å². The van der Waals surface area contributed by atoms with E-state index in [2.05, 4.69) is 16.4 Å². The summed E-state index contributed by atoms with van der Waals surface area (Å²) in [6.45, 7) is 3.23. The molecule has 2 atom stereocenters. The van der Waals surface area contributed by atoms with Crippen LogP contribution in [0.1, 0.15) is 36.8 Å². The monoisotopic (exact) mass is 423 g/mol. The van der Waals surface area contributed by atoms with Crippen molar-refractivity contribution in [2.75, 3.05) is 19.6 Å². The molecule has 6 heteroatoms. The summed E-state index contributed by atoms with van der Waals surface area (Å²) in [6.07, 6.45) is 3.66. The van der Waals surface area contributed by atoms with Crippen molar-refractivity contribution >= 4 is 34.3 Å². The molecule has 0 radical (unpaired) electrons. The number of aromatic amines is 1. The maximum absolute atomic E-state index is 12.9. The molecule has 2 amide bonds. The zero-order valence-corrected chi connectivity index (χ0v) is 17.8. The van der Waals surface area contributed by atoms with Crippen LogP contribution in [0.3, 0.4) is 0 Å². The molecule has 1 aliphatic heterocycles. The molecule has 0 bridgehead atoms. The highest BCUT2D eigenvalue weighted by Crippen LogP contribution is 2.34. The van der Waals surface area contributed by atoms with Crippen molar-refractivity contribution < 1.29 is 9.59 Å². The first-order valence-corrected chi connectivity index (χ1v) is 10.8. The summed E-state index contributed by atoms with van der Waals surface area (Å²) >= 11 is 6.54. The van der Waals surface area contributed by atoms with Crippen LogP contribution in [-0.2, 0) is 9.59 Å². The van der Waals surface area contributed by atoms with Gasteiger partial charge in [0.2, 0.25) is 11.8 Å². The van der Waals surface area contributed by atoms with Gasteiger partial charge in [-0.05, 0) is 36.1 Å². The molecule has 2 heterocycles. The number of amides is 2. The number of carbonyl (C=O) groups is 2. The molecule has 1 saturated heterocycles. The van der Waals surface area contributed by atoms with Crippen LogP contribution in [0.15, 0.2) is 54.7 Å². The van der Waals surface area contributed by atoms with Crippen LogP contribution in [0.25, 0.3) is 10.9 Å². The van der Waals surface area contributed by atoms with E-state index in [1.54, 1.807) is 11.8 Å². The molecule has 1 aromatic heterocycles. The lowest BCUT2D eigenvalue weighted by Gasteiger charge is -2.31. The number of likely N-dealkylation sites (tertiary alicyclic amines) is 1. The summed E-state index contributed by atoms with van der Waals surface area (Å²) in [6, 6.07) is 15.9. The van der Waals surface area contributed by atoms with Crippen LogP contribution in [-0.4, -0.2) is 41.3 Å². The van der Waals surface area contributed by atoms with E-state index in [4.69, 9.17) is 11.6 Å². The lowest BCUT2D eigenvalue weighted by Crippen LogP contribution is -2.45. The van der Waals surface area contributed by atoms with Crippen molar-refractivity contribution in [1.29, 1.82) is 0 Å². The van der Waals surface area contributed by atoms with Crippen molar-refractivity contribution in [1.82, 2.24) is 15.2 Å². The smallest absolute Gasteiger partial charge is 0.224 e. The number of hydrogen-bond acceptors (Lipinski definition) is 2. The molecular formula is C24H26ClN3O2. The first-order chi connectivity index (χ1) is 14.5. The second-order valence-electron chi connectivity index (χ2n) is 7.91. The third-order valence-electron chi connectivity index (χ3n) is 6.00. The number of benzene rings is 2. The fraction of sp³-hybridized carbons (Fsp3) is 0.333. The molecule has 156 valence electrons. The van der Waals surface area contributed by atoms with Crippen molar-refractivity contribution in [3.8, 4) is 0 Å². The van der Waals surface area contributed by atoms with E-state index in [0.717, 1.165) is 41.4 Å². The number of H-pyrrole nitrogens is 1. The Bertz CT molecular complexity index is 1060. The third kappa shape index (κ3) is 4.21. The van der Waals surface area contributed by atoms with Crippen molar-refractivity contribution in [3.63, 3.8) is 0 Å². The van der Waals surface area contributed by atoms with Gasteiger partial charge in [0.05, 0.1) is 5.92 Å². The summed E-state index contributed by atoms with van der Waals surface area (Å²) in [7, 11) is 0. The van der Waals surface area contributed by atoms with E-state index in [0.29, 0.717) is 18.1 Å². The number of nitrogens with zero attached hydrogens (tertiary/aromatic N) is 1. The van der Waals surface area contributed by atoms with E-state index in [1.807, 2.05) is 48.7 Å². The second-order valence-corrected chi connectivity index (χ2v) is 8.32. The Hall–Kier alpha value is -2.79. The lowest BCUT2D eigenvalue weighted by atomic mass is 9.90. The predicted molar refractivity (Wildman–Crippen MR) is 120 cm³/mol. The van der Waals surface area contributed by atoms with Crippen molar-refractivity contribution in [2.24, 2.45) is 5.92 Å². The molecule has 2 aromatic carbocycles. The number of fused-ring (bicyclic) bond motifs is 1. The average Bonchev–Trinajstić information content (AvgIpc) is 3.19. The van der Waals surface area contributed by atoms with Gasteiger partial charge in [0, 0.05) is 54.6 Å². The number of hydrogen-bond donors (Lipinski definition) is 2. The van der Waals surface area contributed by atoms with Gasteiger partial charge in [-0.2, -0.15) is 0 Å². The fourth-order valence-electron chi connectivity index (χ4n) is 4.35. The van der Waals surface area contributed by atoms with Gasteiger partial charge in [-0.1, -0.05) is 48.0 Å². The Kier molecular flexibility index (Phi) is 6.09. The molecule has 0 unspecified atom stereocenters. The Labute approximate surface area is 181 Å². The average molecular weight is 424 g/mol. The molecule has 0 spiro atoms. The molecule has 1 fully saturated rings. The number of para-hydroxylation sites is 1. The van der Waals surface area contributed by atoms with Gasteiger partial charge in [0.15, 0.2) is 0 Å². The minimum atomic E-state index is -0.169. The normalized spacial score (nSPS) is 17.7. The first-order valence-electron chi connectivity index (χ1n) is 10.4. The maximum Gasteiger partial charge on any atom is 0.224 e. The summed E-state index contributed by atoms with van der Waals surface area (Å²) in [5.41, 5.74) is 3.14. The SMILES string of the molecule is CC(=O)N1CCC[C@H](C(=O)NC[C@H](c2ccccc2Cl)c2c[nH]c3ccccc23)C1. The quantitative estimate of drug-likeness (QED) is 0.641. The van der Waals surface area contributed by atoms with E-state index in [1.165, 1.54) is 0 Å². The highest BCUT2D eigenvalue weighted by atomic mass is 35.5. The molecule has 30 heavy (non-hydrogen) atoms. The maximum atomic E-state index is 12.9. The summed E-state index contributed by atoms with van der Waals surface area (Å²) in [4.78, 5) is 29.7. The number of rotatable bonds is 5. The van der Waals surface area contributed by atoms with Gasteiger partial charge in [0.1, 0.15) is 0 Å². The Morgan fingerprint density at radius 1 is 1.17 bits per heavy atom. The van der Waals surface area contributed by atoms with Gasteiger partial charge in [0.25, 0.3) is 0 Å². The third-order valence-corrected chi connectivity index (χ3v) is 6.34. The Morgan fingerprint density at radius 2 is 1.93 bits per heavy atom. The fourth-order valence-corrected chi connectivity index (χ4v) is 4.62. The zero-order valence-electron chi connectivity index (χ0n) is 17.0. The molecule has 4 rings (SSSR count). The summed E-state index contributed by atoms with van der Waals surface area (Å²) < 4.78 is 0. The van der Waals surface area contributed by atoms with Crippen molar-refractivity contribution in [3.05, 3.63) is 70.9 Å². The van der Waals surface area contributed by atoms with Crippen LogP contribution in [0.2, 0.25) is 5.02 Å². The van der Waals surface area contributed by atoms with Crippen LogP contribution in [0.4, 0.5) is 0 Å². The van der Waals surface area contributed by atoms with E-state index in [9.17, 15) is 9.59 Å². The van der Waals surface area contributed by atoms with Crippen LogP contribution < -0.4 is 5.32 Å². The minimum absolute atomic E-state index is 0.00200. The second kappa shape index (κ2) is 8.92. The molecular weight excluding hydrogens is 398 g/mol. The lowest BCUT2D eigenvalue weighted by molar-refractivity contribution is -0.133. The van der Waals surface area contributed by atoms with Gasteiger partial charge in [-0.25, -0.2) is 0 Å². The summed E-state index contributed by atoms with van der Waals surface area (Å²) in [5.74, 6) is -0.220. The number of carbonyl (C=O) groups excluding carboxylic acids is 2. The number of halogens is 1. The number of piperidine rings is 1. The van der Waals surface area contributed by atoms with Crippen LogP contribution >= 0.6 is 11.6 Å². The van der Waals surface area contributed by atoms with Crippen molar-refractivity contribution in [2.45, 2.75) is 25.7 Å². The standard InChI is InChI=1S/C24H26ClN3O2/c1-16(29)28-12-6-7-17(15-28)24(30)27-14-20(18-8-2-4-10-22(18)25)21-13-26-23-11-5-3-9-19(21)23/h2-5,8-11,13,17,20,26H,6-7,12,14-15H2,1H3,(H,27,30)/t17-,20+/m0/s1. The zero-order chi connectivity index (χ0) is 21.1. The van der Waals surface area contributed by atoms with E-state index < -0.39 is 0 Å². The van der Waals surface area contributed by atoms with E-state index in [-0.39, 0.29) is 23.7 Å². The topological polar surface area (TPSA) is 65.2 Å². The van der Waals surface area contributed by atoms with E-state index >= 15 is 0 Å². The molecule has 1 aliphatic rings. The molecule has 2 N–H and O–H groups in total. The number of nitrogens with one attached hydrogen (secondary N) is 2. The molecule has 0 saturated carbocycles. The minimum Gasteiger partial charge on any atom is -0.361 e. The largest absolute Gasteiger partial charge is 0.361 e. The van der Waals surface area contributed by atoms with Gasteiger partial charge >= 0.3 is 0 Å². The molecule has 0 aliphatic carbocycles. The number of aromatic nitrogens is 1. The summed E-state index contributed by atoms with van der Waals surface area (Å²) in [5, 5.41) is 4.95. The highest BCUT2D eigenvalue weighted by molar-refractivity contribution is 6.31. The van der Waals surface area contributed by atoms with Gasteiger partial charge in [-0.15, -0.1) is 0 Å². The van der Waals surface area contributed by atoms with Gasteiger partial charge < -0.3 is 15.2 Å². The first kappa shape index (κ1) is 20.5. The Morgan fingerprint density at radius 3 is 2.73 bits per heavy atom. The molecule has 5 nitrogen and oxygen atoms in total. The highest BCUT2D eigenvalue weighted by Gasteiger charge is 2.28. The predicted octanol–water partition coefficient (Wildman–Crippen LogP) is 4.33. The molecule has 3 aromatic rings. The van der Waals surface area contributed by atoms with Crippen LogP contribution in [0.5, 0.6) is 0 Å².